The van der Waals surface area contributed by atoms with Crippen molar-refractivity contribution < 1.29 is 9.47 Å². The van der Waals surface area contributed by atoms with Gasteiger partial charge in [0.25, 0.3) is 0 Å². The maximum atomic E-state index is 5.97. The SMILES string of the molecule is COc1cccc2c1OCCCN(c1nc(C)nc3c1c(C)nn3C)C2. The van der Waals surface area contributed by atoms with Gasteiger partial charge in [0.15, 0.2) is 17.1 Å². The molecule has 1 aliphatic heterocycles. The fourth-order valence-electron chi connectivity index (χ4n) is 3.56. The molecule has 3 aromatic rings. The normalized spacial score (nSPS) is 14.5. The van der Waals surface area contributed by atoms with Gasteiger partial charge in [-0.3, -0.25) is 4.68 Å². The summed E-state index contributed by atoms with van der Waals surface area (Å²) in [5, 5.41) is 5.56. The second-order valence-corrected chi connectivity index (χ2v) is 6.57. The molecule has 1 aliphatic rings. The average Bonchev–Trinajstić information content (AvgIpc) is 2.88. The quantitative estimate of drug-likeness (QED) is 0.706. The Bertz CT molecular complexity index is 966. The molecule has 26 heavy (non-hydrogen) atoms. The highest BCUT2D eigenvalue weighted by Gasteiger charge is 2.22. The molecule has 0 spiro atoms. The summed E-state index contributed by atoms with van der Waals surface area (Å²) in [6.45, 7) is 6.14. The molecule has 0 amide bonds. The summed E-state index contributed by atoms with van der Waals surface area (Å²) in [6.07, 6.45) is 0.904. The molecule has 136 valence electrons. The van der Waals surface area contributed by atoms with Crippen molar-refractivity contribution in [2.24, 2.45) is 7.05 Å². The van der Waals surface area contributed by atoms with Gasteiger partial charge in [0, 0.05) is 25.7 Å². The third-order valence-electron chi connectivity index (χ3n) is 4.71. The second kappa shape index (κ2) is 6.48. The van der Waals surface area contributed by atoms with Crippen LogP contribution in [0.25, 0.3) is 11.0 Å². The number of hydrogen-bond acceptors (Lipinski definition) is 6. The van der Waals surface area contributed by atoms with Gasteiger partial charge in [0.05, 0.1) is 24.8 Å². The zero-order chi connectivity index (χ0) is 18.3. The van der Waals surface area contributed by atoms with Crippen LogP contribution in [0.5, 0.6) is 11.5 Å². The van der Waals surface area contributed by atoms with Crippen molar-refractivity contribution in [3.05, 3.63) is 35.3 Å². The van der Waals surface area contributed by atoms with Crippen LogP contribution in [0.3, 0.4) is 0 Å². The highest BCUT2D eigenvalue weighted by Crippen LogP contribution is 2.35. The summed E-state index contributed by atoms with van der Waals surface area (Å²) in [5.74, 6) is 3.28. The van der Waals surface area contributed by atoms with Crippen LogP contribution in [-0.2, 0) is 13.6 Å². The molecular formula is C19H23N5O2. The van der Waals surface area contributed by atoms with Gasteiger partial charge < -0.3 is 14.4 Å². The predicted molar refractivity (Wildman–Crippen MR) is 99.9 cm³/mol. The first-order chi connectivity index (χ1) is 12.6. The first-order valence-electron chi connectivity index (χ1n) is 8.80. The highest BCUT2D eigenvalue weighted by atomic mass is 16.5. The molecule has 0 bridgehead atoms. The van der Waals surface area contributed by atoms with Gasteiger partial charge in [-0.25, -0.2) is 9.97 Å². The fourth-order valence-corrected chi connectivity index (χ4v) is 3.56. The van der Waals surface area contributed by atoms with Crippen molar-refractivity contribution in [2.75, 3.05) is 25.2 Å². The molecule has 0 atom stereocenters. The van der Waals surface area contributed by atoms with Crippen LogP contribution in [0.2, 0.25) is 0 Å². The van der Waals surface area contributed by atoms with E-state index in [4.69, 9.17) is 14.5 Å². The molecule has 1 aromatic carbocycles. The van der Waals surface area contributed by atoms with Crippen LogP contribution >= 0.6 is 0 Å². The summed E-state index contributed by atoms with van der Waals surface area (Å²) < 4.78 is 13.3. The molecular weight excluding hydrogens is 330 g/mol. The molecule has 0 aliphatic carbocycles. The minimum absolute atomic E-state index is 0.642. The number of ether oxygens (including phenoxy) is 2. The molecule has 0 radical (unpaired) electrons. The monoisotopic (exact) mass is 353 g/mol. The van der Waals surface area contributed by atoms with Gasteiger partial charge in [-0.15, -0.1) is 0 Å². The van der Waals surface area contributed by atoms with Gasteiger partial charge >= 0.3 is 0 Å². The molecule has 2 aromatic heterocycles. The summed E-state index contributed by atoms with van der Waals surface area (Å²) in [7, 11) is 3.60. The van der Waals surface area contributed by atoms with E-state index in [-0.39, 0.29) is 0 Å². The van der Waals surface area contributed by atoms with Crippen molar-refractivity contribution in [1.82, 2.24) is 19.7 Å². The third kappa shape index (κ3) is 2.73. The number of aromatic nitrogens is 4. The van der Waals surface area contributed by atoms with Crippen LogP contribution in [-0.4, -0.2) is 40.0 Å². The number of hydrogen-bond donors (Lipinski definition) is 0. The van der Waals surface area contributed by atoms with Gasteiger partial charge in [-0.1, -0.05) is 12.1 Å². The maximum absolute atomic E-state index is 5.97. The van der Waals surface area contributed by atoms with Crippen LogP contribution in [0.1, 0.15) is 23.5 Å². The molecule has 4 rings (SSSR count). The summed E-state index contributed by atoms with van der Waals surface area (Å²) in [5.41, 5.74) is 2.91. The number of nitrogens with zero attached hydrogens (tertiary/aromatic N) is 5. The Morgan fingerprint density at radius 1 is 1.19 bits per heavy atom. The Balaban J connectivity index is 1.84. The van der Waals surface area contributed by atoms with E-state index in [0.717, 1.165) is 58.4 Å². The molecule has 0 fully saturated rings. The lowest BCUT2D eigenvalue weighted by molar-refractivity contribution is 0.281. The van der Waals surface area contributed by atoms with Gasteiger partial charge in [-0.2, -0.15) is 5.10 Å². The Kier molecular flexibility index (Phi) is 4.14. The lowest BCUT2D eigenvalue weighted by atomic mass is 10.1. The number of rotatable bonds is 2. The van der Waals surface area contributed by atoms with Crippen molar-refractivity contribution in [1.29, 1.82) is 0 Å². The highest BCUT2D eigenvalue weighted by molar-refractivity contribution is 5.90. The summed E-state index contributed by atoms with van der Waals surface area (Å²) >= 11 is 0. The second-order valence-electron chi connectivity index (χ2n) is 6.57. The number of methoxy groups -OCH3 is 1. The smallest absolute Gasteiger partial charge is 0.166 e. The van der Waals surface area contributed by atoms with Gasteiger partial charge in [0.2, 0.25) is 0 Å². The van der Waals surface area contributed by atoms with Crippen molar-refractivity contribution >= 4 is 16.9 Å². The number of anilines is 1. The van der Waals surface area contributed by atoms with E-state index in [1.165, 1.54) is 0 Å². The van der Waals surface area contributed by atoms with Crippen molar-refractivity contribution in [3.63, 3.8) is 0 Å². The minimum Gasteiger partial charge on any atom is -0.493 e. The topological polar surface area (TPSA) is 65.3 Å². The molecule has 0 unspecified atom stereocenters. The standard InChI is InChI=1S/C19H23N5O2/c1-12-16-18(23(3)22-12)20-13(2)21-19(16)24-9-6-10-26-17-14(11-24)7-5-8-15(17)25-4/h5,7-8H,6,9-11H2,1-4H3. The number of benzene rings is 1. The molecule has 7 nitrogen and oxygen atoms in total. The molecule has 7 heteroatoms. The van der Waals surface area contributed by atoms with E-state index in [1.54, 1.807) is 7.11 Å². The Labute approximate surface area is 152 Å². The van der Waals surface area contributed by atoms with E-state index in [0.29, 0.717) is 13.2 Å². The minimum atomic E-state index is 0.642. The molecule has 0 saturated heterocycles. The van der Waals surface area contributed by atoms with Gasteiger partial charge in [-0.05, 0) is 26.3 Å². The van der Waals surface area contributed by atoms with Crippen LogP contribution in [0.15, 0.2) is 18.2 Å². The van der Waals surface area contributed by atoms with E-state index >= 15 is 0 Å². The first-order valence-corrected chi connectivity index (χ1v) is 8.80. The van der Waals surface area contributed by atoms with E-state index in [2.05, 4.69) is 21.0 Å². The van der Waals surface area contributed by atoms with Crippen LogP contribution in [0, 0.1) is 13.8 Å². The number of aryl methyl sites for hydroxylation is 3. The van der Waals surface area contributed by atoms with Crippen LogP contribution in [0.4, 0.5) is 5.82 Å². The summed E-state index contributed by atoms with van der Waals surface area (Å²) in [6, 6.07) is 6.01. The maximum Gasteiger partial charge on any atom is 0.166 e. The van der Waals surface area contributed by atoms with Gasteiger partial charge in [0.1, 0.15) is 11.6 Å². The first kappa shape index (κ1) is 16.6. The van der Waals surface area contributed by atoms with Crippen molar-refractivity contribution in [3.8, 4) is 11.5 Å². The molecule has 0 saturated carbocycles. The average molecular weight is 353 g/mol. The fraction of sp³-hybridized carbons (Fsp3) is 0.421. The van der Waals surface area contributed by atoms with Crippen molar-refractivity contribution in [2.45, 2.75) is 26.8 Å². The Morgan fingerprint density at radius 2 is 2.04 bits per heavy atom. The Morgan fingerprint density at radius 3 is 2.85 bits per heavy atom. The largest absolute Gasteiger partial charge is 0.493 e. The zero-order valence-electron chi connectivity index (χ0n) is 15.6. The predicted octanol–water partition coefficient (Wildman–Crippen LogP) is 2.78. The molecule has 0 N–H and O–H groups in total. The lowest BCUT2D eigenvalue weighted by Gasteiger charge is -2.28. The summed E-state index contributed by atoms with van der Waals surface area (Å²) in [4.78, 5) is 11.7. The van der Waals surface area contributed by atoms with E-state index < -0.39 is 0 Å². The Hall–Kier alpha value is -2.83. The lowest BCUT2D eigenvalue weighted by Crippen LogP contribution is -2.29. The molecule has 3 heterocycles. The van der Waals surface area contributed by atoms with E-state index in [9.17, 15) is 0 Å². The van der Waals surface area contributed by atoms with E-state index in [1.807, 2.05) is 37.7 Å². The zero-order valence-corrected chi connectivity index (χ0v) is 15.6. The number of para-hydroxylation sites is 1. The number of fused-ring (bicyclic) bond motifs is 2. The third-order valence-corrected chi connectivity index (χ3v) is 4.71. The van der Waals surface area contributed by atoms with Crippen LogP contribution < -0.4 is 14.4 Å².